The van der Waals surface area contributed by atoms with Gasteiger partial charge in [-0.1, -0.05) is 65.3 Å². The summed E-state index contributed by atoms with van der Waals surface area (Å²) < 4.78 is 38.7. The third kappa shape index (κ3) is 8.96. The molecule has 220 valence electrons. The molecule has 0 aromatic heterocycles. The van der Waals surface area contributed by atoms with E-state index in [4.69, 9.17) is 9.47 Å². The third-order valence-corrected chi connectivity index (χ3v) is 8.02. The maximum atomic E-state index is 14.2. The van der Waals surface area contributed by atoms with Gasteiger partial charge in [-0.05, 0) is 41.8 Å². The first-order valence-electron chi connectivity index (χ1n) is 13.1. The lowest BCUT2D eigenvalue weighted by molar-refractivity contribution is -0.140. The minimum absolute atomic E-state index is 0.0855. The monoisotopic (exact) mass is 645 g/mol. The Bertz CT molecular complexity index is 1440. The van der Waals surface area contributed by atoms with Crippen molar-refractivity contribution >= 4 is 43.5 Å². The van der Waals surface area contributed by atoms with Gasteiger partial charge >= 0.3 is 0 Å². The van der Waals surface area contributed by atoms with Crippen LogP contribution < -0.4 is 19.1 Å². The van der Waals surface area contributed by atoms with Crippen LogP contribution in [0, 0.1) is 0 Å². The van der Waals surface area contributed by atoms with Gasteiger partial charge in [-0.15, -0.1) is 0 Å². The van der Waals surface area contributed by atoms with E-state index in [0.29, 0.717) is 12.3 Å². The third-order valence-electron chi connectivity index (χ3n) is 6.40. The molecule has 0 fully saturated rings. The molecule has 3 rings (SSSR count). The van der Waals surface area contributed by atoms with E-state index in [9.17, 15) is 18.0 Å². The normalized spacial score (nSPS) is 11.8. The Balaban J connectivity index is 2.10. The zero-order chi connectivity index (χ0) is 30.0. The summed E-state index contributed by atoms with van der Waals surface area (Å²) in [6.07, 6.45) is 1.99. The smallest absolute Gasteiger partial charge is 0.244 e. The molecule has 0 bridgehead atoms. The summed E-state index contributed by atoms with van der Waals surface area (Å²) in [6, 6.07) is 20.7. The summed E-state index contributed by atoms with van der Waals surface area (Å²) >= 11 is 3.47. The molecule has 3 aromatic carbocycles. The van der Waals surface area contributed by atoms with Crippen LogP contribution in [0.2, 0.25) is 0 Å². The fraction of sp³-hybridized carbons (Fsp3) is 0.333. The lowest BCUT2D eigenvalue weighted by Crippen LogP contribution is -2.53. The van der Waals surface area contributed by atoms with Crippen LogP contribution in [0.15, 0.2) is 77.3 Å². The number of benzene rings is 3. The van der Waals surface area contributed by atoms with Crippen LogP contribution in [0.5, 0.6) is 11.5 Å². The number of rotatable bonds is 14. The van der Waals surface area contributed by atoms with Crippen LogP contribution in [0.25, 0.3) is 0 Å². The second-order valence-electron chi connectivity index (χ2n) is 9.46. The summed E-state index contributed by atoms with van der Waals surface area (Å²) in [4.78, 5) is 29.2. The Morgan fingerprint density at radius 2 is 1.66 bits per heavy atom. The molecule has 0 spiro atoms. The quantitative estimate of drug-likeness (QED) is 0.279. The first-order valence-corrected chi connectivity index (χ1v) is 15.8. The number of carbonyl (C=O) groups excluding carboxylic acids is 2. The SMILES string of the molecule is CCCNC(=O)[C@@H](Cc1ccccc1)N(Cc1cccc(Br)c1)C(=O)CN(c1cc(OC)ccc1OC)S(C)(=O)=O. The number of nitrogens with one attached hydrogen (secondary N) is 1. The van der Waals surface area contributed by atoms with Crippen LogP contribution in [-0.2, 0) is 32.6 Å². The zero-order valence-electron chi connectivity index (χ0n) is 23.7. The number of methoxy groups -OCH3 is 2. The first-order chi connectivity index (χ1) is 19.6. The van der Waals surface area contributed by atoms with Crippen molar-refractivity contribution in [1.82, 2.24) is 10.2 Å². The molecule has 0 aliphatic heterocycles. The van der Waals surface area contributed by atoms with Crippen LogP contribution in [0.1, 0.15) is 24.5 Å². The molecule has 3 aromatic rings. The Kier molecular flexibility index (Phi) is 11.6. The van der Waals surface area contributed by atoms with Gasteiger partial charge in [0.15, 0.2) is 0 Å². The van der Waals surface area contributed by atoms with Crippen LogP contribution in [-0.4, -0.2) is 64.7 Å². The van der Waals surface area contributed by atoms with Gasteiger partial charge in [-0.25, -0.2) is 8.42 Å². The van der Waals surface area contributed by atoms with Gasteiger partial charge in [-0.3, -0.25) is 13.9 Å². The highest BCUT2D eigenvalue weighted by Gasteiger charge is 2.33. The molecular formula is C30H36BrN3O6S. The van der Waals surface area contributed by atoms with Gasteiger partial charge < -0.3 is 19.7 Å². The largest absolute Gasteiger partial charge is 0.497 e. The van der Waals surface area contributed by atoms with Crippen LogP contribution in [0.4, 0.5) is 5.69 Å². The molecule has 9 nitrogen and oxygen atoms in total. The molecule has 11 heteroatoms. The lowest BCUT2D eigenvalue weighted by atomic mass is 10.0. The maximum Gasteiger partial charge on any atom is 0.244 e. The number of amides is 2. The number of ether oxygens (including phenoxy) is 2. The summed E-state index contributed by atoms with van der Waals surface area (Å²) in [6.45, 7) is 1.92. The lowest BCUT2D eigenvalue weighted by Gasteiger charge is -2.33. The molecule has 1 N–H and O–H groups in total. The van der Waals surface area contributed by atoms with Gasteiger partial charge in [0.05, 0.1) is 26.2 Å². The number of sulfonamides is 1. The maximum absolute atomic E-state index is 14.2. The highest BCUT2D eigenvalue weighted by molar-refractivity contribution is 9.10. The van der Waals surface area contributed by atoms with Gasteiger partial charge in [0.1, 0.15) is 24.1 Å². The Morgan fingerprint density at radius 3 is 2.27 bits per heavy atom. The van der Waals surface area contributed by atoms with E-state index in [1.807, 2.05) is 61.5 Å². The molecular weight excluding hydrogens is 610 g/mol. The predicted molar refractivity (Wildman–Crippen MR) is 164 cm³/mol. The molecule has 0 heterocycles. The first kappa shape index (κ1) is 32.0. The highest BCUT2D eigenvalue weighted by Crippen LogP contribution is 2.34. The number of hydrogen-bond acceptors (Lipinski definition) is 6. The van der Waals surface area contributed by atoms with Gasteiger partial charge in [0, 0.05) is 30.0 Å². The van der Waals surface area contributed by atoms with E-state index in [2.05, 4.69) is 21.2 Å². The number of halogens is 1. The van der Waals surface area contributed by atoms with E-state index >= 15 is 0 Å². The molecule has 0 aliphatic rings. The Labute approximate surface area is 250 Å². The van der Waals surface area contributed by atoms with Gasteiger partial charge in [0.25, 0.3) is 0 Å². The van der Waals surface area contributed by atoms with Crippen molar-refractivity contribution in [3.8, 4) is 11.5 Å². The second-order valence-corrected chi connectivity index (χ2v) is 12.3. The number of anilines is 1. The van der Waals surface area contributed by atoms with Crippen molar-refractivity contribution in [2.45, 2.75) is 32.4 Å². The van der Waals surface area contributed by atoms with Gasteiger partial charge in [0.2, 0.25) is 21.8 Å². The van der Waals surface area contributed by atoms with Crippen molar-refractivity contribution in [3.63, 3.8) is 0 Å². The summed E-state index contributed by atoms with van der Waals surface area (Å²) in [5.74, 6) is -0.213. The van der Waals surface area contributed by atoms with E-state index in [-0.39, 0.29) is 30.3 Å². The molecule has 0 saturated heterocycles. The molecule has 1 atom stereocenters. The summed E-state index contributed by atoms with van der Waals surface area (Å²) in [7, 11) is -1.08. The molecule has 0 aliphatic carbocycles. The van der Waals surface area contributed by atoms with Crippen molar-refractivity contribution in [1.29, 1.82) is 0 Å². The van der Waals surface area contributed by atoms with Crippen molar-refractivity contribution in [2.24, 2.45) is 0 Å². The second kappa shape index (κ2) is 14.9. The van der Waals surface area contributed by atoms with E-state index < -0.39 is 28.5 Å². The van der Waals surface area contributed by atoms with Crippen molar-refractivity contribution < 1.29 is 27.5 Å². The predicted octanol–water partition coefficient (Wildman–Crippen LogP) is 4.40. The summed E-state index contributed by atoms with van der Waals surface area (Å²) in [5, 5.41) is 2.92. The molecule has 0 radical (unpaired) electrons. The molecule has 41 heavy (non-hydrogen) atoms. The molecule has 0 unspecified atom stereocenters. The average molecular weight is 647 g/mol. The van der Waals surface area contributed by atoms with Crippen molar-refractivity contribution in [2.75, 3.05) is 37.9 Å². The number of hydrogen-bond donors (Lipinski definition) is 1. The van der Waals surface area contributed by atoms with E-state index in [1.54, 1.807) is 12.1 Å². The minimum atomic E-state index is -3.96. The number of carbonyl (C=O) groups is 2. The zero-order valence-corrected chi connectivity index (χ0v) is 26.1. The Hall–Kier alpha value is -3.57. The summed E-state index contributed by atoms with van der Waals surface area (Å²) in [5.41, 5.74) is 1.80. The van der Waals surface area contributed by atoms with Crippen LogP contribution in [0.3, 0.4) is 0 Å². The highest BCUT2D eigenvalue weighted by atomic mass is 79.9. The molecule has 0 saturated carbocycles. The fourth-order valence-electron chi connectivity index (χ4n) is 4.34. The van der Waals surface area contributed by atoms with Gasteiger partial charge in [-0.2, -0.15) is 0 Å². The standard InChI is InChI=1S/C30H36BrN3O6S/c1-5-16-32-30(36)27(18-22-10-7-6-8-11-22)33(20-23-12-9-13-24(31)17-23)29(35)21-34(41(4,37)38)26-19-25(39-2)14-15-28(26)40-3/h6-15,17,19,27H,5,16,18,20-21H2,1-4H3,(H,32,36)/t27-/m1/s1. The van der Waals surface area contributed by atoms with Crippen LogP contribution >= 0.6 is 15.9 Å². The van der Waals surface area contributed by atoms with E-state index in [1.165, 1.54) is 25.2 Å². The Morgan fingerprint density at radius 1 is 0.951 bits per heavy atom. The van der Waals surface area contributed by atoms with Crippen molar-refractivity contribution in [3.05, 3.63) is 88.4 Å². The minimum Gasteiger partial charge on any atom is -0.497 e. The average Bonchev–Trinajstić information content (AvgIpc) is 2.96. The molecule has 2 amide bonds. The number of nitrogens with zero attached hydrogens (tertiary/aromatic N) is 2. The fourth-order valence-corrected chi connectivity index (χ4v) is 5.63. The van der Waals surface area contributed by atoms with E-state index in [0.717, 1.165) is 32.6 Å². The topological polar surface area (TPSA) is 105 Å².